The van der Waals surface area contributed by atoms with Gasteiger partial charge in [0.1, 0.15) is 17.0 Å². The van der Waals surface area contributed by atoms with Crippen LogP contribution in [-0.4, -0.2) is 11.2 Å². The third-order valence-electron chi connectivity index (χ3n) is 4.54. The van der Waals surface area contributed by atoms with Crippen molar-refractivity contribution in [2.24, 2.45) is 4.99 Å². The van der Waals surface area contributed by atoms with E-state index in [1.807, 2.05) is 78.9 Å². The highest BCUT2D eigenvalue weighted by molar-refractivity contribution is 9.10. The summed E-state index contributed by atoms with van der Waals surface area (Å²) in [7, 11) is 0. The Morgan fingerprint density at radius 1 is 0.767 bits per heavy atom. The molecule has 4 nitrogen and oxygen atoms in total. The van der Waals surface area contributed by atoms with E-state index in [1.165, 1.54) is 0 Å². The molecule has 0 N–H and O–H groups in total. The van der Waals surface area contributed by atoms with E-state index in [4.69, 9.17) is 8.83 Å². The maximum Gasteiger partial charge on any atom is 0.227 e. The molecule has 3 aromatic carbocycles. The molecule has 0 saturated carbocycles. The minimum Gasteiger partial charge on any atom is -0.455 e. The van der Waals surface area contributed by atoms with E-state index in [0.717, 1.165) is 42.6 Å². The third kappa shape index (κ3) is 4.01. The number of fused-ring (bicyclic) bond motifs is 1. The maximum absolute atomic E-state index is 5.90. The Morgan fingerprint density at radius 3 is 2.47 bits per heavy atom. The largest absolute Gasteiger partial charge is 0.455 e. The summed E-state index contributed by atoms with van der Waals surface area (Å²) in [6, 6.07) is 25.4. The molecule has 0 fully saturated rings. The third-order valence-corrected chi connectivity index (χ3v) is 5.56. The fraction of sp³-hybridized carbons (Fsp3) is 0. The predicted octanol–water partition coefficient (Wildman–Crippen LogP) is 8.03. The number of furan rings is 1. The van der Waals surface area contributed by atoms with Crippen molar-refractivity contribution in [1.82, 2.24) is 4.98 Å². The molecule has 2 heterocycles. The number of nitrogens with zero attached hydrogens (tertiary/aromatic N) is 2. The van der Waals surface area contributed by atoms with Crippen LogP contribution in [0.25, 0.3) is 33.9 Å². The van der Waals surface area contributed by atoms with E-state index < -0.39 is 0 Å². The summed E-state index contributed by atoms with van der Waals surface area (Å²) in [5, 5.41) is 0. The van der Waals surface area contributed by atoms with Gasteiger partial charge in [0, 0.05) is 20.1 Å². The number of aliphatic imine (C=N–C) groups is 1. The van der Waals surface area contributed by atoms with Gasteiger partial charge in [0.2, 0.25) is 5.89 Å². The van der Waals surface area contributed by atoms with Crippen LogP contribution in [0.1, 0.15) is 5.76 Å². The van der Waals surface area contributed by atoms with Crippen molar-refractivity contribution in [3.05, 3.63) is 93.6 Å². The zero-order chi connectivity index (χ0) is 20.5. The van der Waals surface area contributed by atoms with E-state index in [1.54, 1.807) is 6.21 Å². The van der Waals surface area contributed by atoms with Gasteiger partial charge < -0.3 is 8.83 Å². The van der Waals surface area contributed by atoms with Crippen LogP contribution in [0.4, 0.5) is 5.69 Å². The van der Waals surface area contributed by atoms with Gasteiger partial charge in [-0.05, 0) is 66.7 Å². The van der Waals surface area contributed by atoms with Gasteiger partial charge in [-0.3, -0.25) is 4.99 Å². The standard InChI is InChI=1S/C24H14Br2N2O2/c25-17-6-4-15(5-7-17)24-28-21-13-19(8-10-23(21)30-24)27-14-20-9-11-22(29-20)16-2-1-3-18(26)12-16/h1-14H. The van der Waals surface area contributed by atoms with Crippen molar-refractivity contribution in [2.75, 3.05) is 0 Å². The van der Waals surface area contributed by atoms with Gasteiger partial charge in [0.05, 0.1) is 11.9 Å². The number of aromatic nitrogens is 1. The predicted molar refractivity (Wildman–Crippen MR) is 126 cm³/mol. The minimum absolute atomic E-state index is 0.586. The molecule has 0 atom stereocenters. The summed E-state index contributed by atoms with van der Waals surface area (Å²) in [6.45, 7) is 0. The summed E-state index contributed by atoms with van der Waals surface area (Å²) in [5.74, 6) is 2.06. The van der Waals surface area contributed by atoms with Crippen molar-refractivity contribution in [3.8, 4) is 22.8 Å². The first-order valence-corrected chi connectivity index (χ1v) is 10.8. The lowest BCUT2D eigenvalue weighted by molar-refractivity contribution is 0.575. The van der Waals surface area contributed by atoms with Crippen LogP contribution in [0.15, 0.2) is 102 Å². The average Bonchev–Trinajstić information content (AvgIpc) is 3.39. The Morgan fingerprint density at radius 2 is 1.63 bits per heavy atom. The lowest BCUT2D eigenvalue weighted by atomic mass is 10.2. The van der Waals surface area contributed by atoms with Gasteiger partial charge in [-0.25, -0.2) is 4.98 Å². The normalized spacial score (nSPS) is 11.5. The molecule has 2 aromatic heterocycles. The zero-order valence-electron chi connectivity index (χ0n) is 15.5. The first kappa shape index (κ1) is 19.0. The number of benzene rings is 3. The molecule has 0 radical (unpaired) electrons. The van der Waals surface area contributed by atoms with Crippen molar-refractivity contribution in [1.29, 1.82) is 0 Å². The van der Waals surface area contributed by atoms with E-state index >= 15 is 0 Å². The van der Waals surface area contributed by atoms with E-state index in [9.17, 15) is 0 Å². The van der Waals surface area contributed by atoms with Crippen molar-refractivity contribution in [2.45, 2.75) is 0 Å². The van der Waals surface area contributed by atoms with Crippen molar-refractivity contribution in [3.63, 3.8) is 0 Å². The summed E-state index contributed by atoms with van der Waals surface area (Å²) in [5.41, 5.74) is 4.20. The molecule has 0 amide bonds. The van der Waals surface area contributed by atoms with E-state index in [-0.39, 0.29) is 0 Å². The fourth-order valence-corrected chi connectivity index (χ4v) is 3.73. The molecule has 6 heteroatoms. The van der Waals surface area contributed by atoms with Crippen LogP contribution in [0, 0.1) is 0 Å². The Kier molecular flexibility index (Phi) is 5.11. The number of halogens is 2. The van der Waals surface area contributed by atoms with Crippen LogP contribution in [0.2, 0.25) is 0 Å². The first-order chi connectivity index (χ1) is 14.6. The van der Waals surface area contributed by atoms with Crippen LogP contribution < -0.4 is 0 Å². The molecule has 0 bridgehead atoms. The molecular weight excluding hydrogens is 508 g/mol. The first-order valence-electron chi connectivity index (χ1n) is 9.20. The zero-order valence-corrected chi connectivity index (χ0v) is 18.7. The number of hydrogen-bond donors (Lipinski definition) is 0. The molecule has 30 heavy (non-hydrogen) atoms. The van der Waals surface area contributed by atoms with Crippen molar-refractivity contribution < 1.29 is 8.83 Å². The summed E-state index contributed by atoms with van der Waals surface area (Å²) >= 11 is 6.92. The van der Waals surface area contributed by atoms with Gasteiger partial charge in [-0.1, -0.05) is 44.0 Å². The number of hydrogen-bond acceptors (Lipinski definition) is 4. The smallest absolute Gasteiger partial charge is 0.227 e. The van der Waals surface area contributed by atoms with Crippen molar-refractivity contribution >= 4 is 54.9 Å². The summed E-state index contributed by atoms with van der Waals surface area (Å²) < 4.78 is 13.8. The molecule has 0 aliphatic carbocycles. The molecule has 0 unspecified atom stereocenters. The number of rotatable bonds is 4. The Balaban J connectivity index is 1.39. The van der Waals surface area contributed by atoms with Gasteiger partial charge >= 0.3 is 0 Å². The van der Waals surface area contributed by atoms with Crippen LogP contribution in [-0.2, 0) is 0 Å². The highest BCUT2D eigenvalue weighted by Gasteiger charge is 2.09. The van der Waals surface area contributed by atoms with Crippen LogP contribution >= 0.6 is 31.9 Å². The Labute approximate surface area is 189 Å². The molecule has 5 aromatic rings. The van der Waals surface area contributed by atoms with Gasteiger partial charge in [0.25, 0.3) is 0 Å². The summed E-state index contributed by atoms with van der Waals surface area (Å²) in [6.07, 6.45) is 1.71. The molecule has 0 aliphatic rings. The highest BCUT2D eigenvalue weighted by Crippen LogP contribution is 2.28. The minimum atomic E-state index is 0.586. The van der Waals surface area contributed by atoms with Crippen LogP contribution in [0.5, 0.6) is 0 Å². The molecule has 0 aliphatic heterocycles. The Hall–Kier alpha value is -2.96. The topological polar surface area (TPSA) is 51.5 Å². The van der Waals surface area contributed by atoms with Gasteiger partial charge in [-0.15, -0.1) is 0 Å². The maximum atomic E-state index is 5.90. The average molecular weight is 522 g/mol. The molecular formula is C24H14Br2N2O2. The Bertz CT molecular complexity index is 1370. The van der Waals surface area contributed by atoms with Gasteiger partial charge in [-0.2, -0.15) is 0 Å². The van der Waals surface area contributed by atoms with Crippen LogP contribution in [0.3, 0.4) is 0 Å². The summed E-state index contributed by atoms with van der Waals surface area (Å²) in [4.78, 5) is 9.13. The molecule has 146 valence electrons. The second kappa shape index (κ2) is 8.05. The van der Waals surface area contributed by atoms with Gasteiger partial charge in [0.15, 0.2) is 5.58 Å². The number of oxazole rings is 1. The molecule has 5 rings (SSSR count). The lowest BCUT2D eigenvalue weighted by Gasteiger charge is -1.97. The SMILES string of the molecule is Brc1ccc(-c2nc3cc(N=Cc4ccc(-c5cccc(Br)c5)o4)ccc3o2)cc1. The monoisotopic (exact) mass is 520 g/mol. The quantitative estimate of drug-likeness (QED) is 0.225. The molecule has 0 spiro atoms. The second-order valence-corrected chi connectivity index (χ2v) is 8.48. The molecule has 0 saturated heterocycles. The highest BCUT2D eigenvalue weighted by atomic mass is 79.9. The fourth-order valence-electron chi connectivity index (χ4n) is 3.07. The second-order valence-electron chi connectivity index (χ2n) is 6.65. The van der Waals surface area contributed by atoms with E-state index in [2.05, 4.69) is 41.8 Å². The van der Waals surface area contributed by atoms with E-state index in [0.29, 0.717) is 11.7 Å². The lowest BCUT2D eigenvalue weighted by Crippen LogP contribution is -1.77.